The van der Waals surface area contributed by atoms with Crippen molar-refractivity contribution in [1.29, 1.82) is 0 Å². The third-order valence-electron chi connectivity index (χ3n) is 6.38. The van der Waals surface area contributed by atoms with E-state index in [0.29, 0.717) is 28.3 Å². The molecule has 3 rings (SSSR count). The first kappa shape index (κ1) is 29.6. The Bertz CT molecular complexity index is 1200. The van der Waals surface area contributed by atoms with Gasteiger partial charge in [-0.15, -0.1) is 0 Å². The van der Waals surface area contributed by atoms with Crippen molar-refractivity contribution in [2.75, 3.05) is 11.1 Å². The lowest BCUT2D eigenvalue weighted by Gasteiger charge is -2.35. The number of carbonyl (C=O) groups is 3. The molecule has 206 valence electrons. The molecule has 38 heavy (non-hydrogen) atoms. The second-order valence-electron chi connectivity index (χ2n) is 10.8. The van der Waals surface area contributed by atoms with E-state index in [1.807, 2.05) is 19.9 Å². The maximum Gasteiger partial charge on any atom is 0.408 e. The summed E-state index contributed by atoms with van der Waals surface area (Å²) in [6, 6.07) is 7.77. The summed E-state index contributed by atoms with van der Waals surface area (Å²) in [6.45, 7) is 10.7. The largest absolute Gasteiger partial charge is 0.508 e. The third-order valence-corrected chi connectivity index (χ3v) is 7.06. The molecule has 4 unspecified atom stereocenters. The minimum atomic E-state index is -1.06. The van der Waals surface area contributed by atoms with E-state index in [1.54, 1.807) is 52.0 Å². The average Bonchev–Trinajstić information content (AvgIpc) is 3.54. The first-order chi connectivity index (χ1) is 17.7. The highest BCUT2D eigenvalue weighted by Gasteiger charge is 2.48. The number of halogens is 1. The van der Waals surface area contributed by atoms with Gasteiger partial charge in [0, 0.05) is 11.8 Å². The summed E-state index contributed by atoms with van der Waals surface area (Å²) in [7, 11) is 0. The Kier molecular flexibility index (Phi) is 9.26. The van der Waals surface area contributed by atoms with Crippen molar-refractivity contribution in [1.82, 2.24) is 10.2 Å². The van der Waals surface area contributed by atoms with Gasteiger partial charge < -0.3 is 25.4 Å². The Labute approximate surface area is 234 Å². The lowest BCUT2D eigenvalue weighted by atomic mass is 9.99. The Balaban J connectivity index is 2.04. The fourth-order valence-corrected chi connectivity index (χ4v) is 4.77. The molecular formula is C28H36ClN3O5S. The van der Waals surface area contributed by atoms with Crippen LogP contribution in [0.15, 0.2) is 36.4 Å². The van der Waals surface area contributed by atoms with Crippen LogP contribution < -0.4 is 10.6 Å². The number of anilines is 1. The molecule has 4 atom stereocenters. The number of nitrogens with zero attached hydrogens (tertiary/aromatic N) is 1. The quantitative estimate of drug-likeness (QED) is 0.323. The Hall–Kier alpha value is -2.91. The number of aromatic hydroxyl groups is 1. The molecule has 1 aliphatic rings. The van der Waals surface area contributed by atoms with Gasteiger partial charge in [-0.3, -0.25) is 9.59 Å². The number of ether oxygens (including phenoxy) is 1. The molecular weight excluding hydrogens is 526 g/mol. The van der Waals surface area contributed by atoms with Gasteiger partial charge in [0.1, 0.15) is 23.4 Å². The fourth-order valence-electron chi connectivity index (χ4n) is 4.26. The number of rotatable bonds is 8. The zero-order valence-electron chi connectivity index (χ0n) is 22.5. The predicted molar refractivity (Wildman–Crippen MR) is 152 cm³/mol. The number of phenols is 1. The summed E-state index contributed by atoms with van der Waals surface area (Å²) >= 11 is 10.7. The van der Waals surface area contributed by atoms with E-state index in [4.69, 9.17) is 16.3 Å². The molecule has 1 fully saturated rings. The van der Waals surface area contributed by atoms with E-state index in [1.165, 1.54) is 11.0 Å². The third kappa shape index (κ3) is 7.14. The maximum atomic E-state index is 14.0. The van der Waals surface area contributed by atoms with Crippen molar-refractivity contribution in [3.63, 3.8) is 0 Å². The second-order valence-corrected chi connectivity index (χ2v) is 11.5. The van der Waals surface area contributed by atoms with Gasteiger partial charge in [-0.2, -0.15) is 12.6 Å². The van der Waals surface area contributed by atoms with Crippen molar-refractivity contribution in [2.45, 2.75) is 71.7 Å². The molecule has 3 amide bonds. The molecule has 0 radical (unpaired) electrons. The van der Waals surface area contributed by atoms with Crippen LogP contribution in [0.3, 0.4) is 0 Å². The molecule has 0 aromatic heterocycles. The first-order valence-corrected chi connectivity index (χ1v) is 13.5. The molecule has 3 N–H and O–H groups in total. The Morgan fingerprint density at radius 2 is 1.84 bits per heavy atom. The van der Waals surface area contributed by atoms with E-state index in [-0.39, 0.29) is 23.5 Å². The SMILES string of the molecule is Cc1cc(C(C(=O)Nc2c(C)cccc2Cl)N(C(=O)C(CS)NC(=O)OC(C)(C)C)C2CC2C)ccc1O. The number of para-hydroxylation sites is 1. The number of amides is 3. The highest BCUT2D eigenvalue weighted by molar-refractivity contribution is 7.80. The number of thiol groups is 1. The summed E-state index contributed by atoms with van der Waals surface area (Å²) in [4.78, 5) is 42.0. The molecule has 10 heteroatoms. The molecule has 0 saturated heterocycles. The van der Waals surface area contributed by atoms with Crippen LogP contribution in [0.1, 0.15) is 56.8 Å². The van der Waals surface area contributed by atoms with Crippen LogP contribution in [0.5, 0.6) is 5.75 Å². The number of nitrogens with one attached hydrogen (secondary N) is 2. The number of hydrogen-bond donors (Lipinski definition) is 4. The number of benzene rings is 2. The van der Waals surface area contributed by atoms with Crippen LogP contribution in [0, 0.1) is 19.8 Å². The predicted octanol–water partition coefficient (Wildman–Crippen LogP) is 5.40. The van der Waals surface area contributed by atoms with E-state index >= 15 is 0 Å². The van der Waals surface area contributed by atoms with Gasteiger partial charge in [0.05, 0.1) is 10.7 Å². The first-order valence-electron chi connectivity index (χ1n) is 12.5. The van der Waals surface area contributed by atoms with Crippen LogP contribution in [0.2, 0.25) is 5.02 Å². The number of alkyl carbamates (subject to hydrolysis) is 1. The Morgan fingerprint density at radius 1 is 1.18 bits per heavy atom. The van der Waals surface area contributed by atoms with Gasteiger partial charge in [-0.05, 0) is 81.8 Å². The van der Waals surface area contributed by atoms with Gasteiger partial charge >= 0.3 is 6.09 Å². The van der Waals surface area contributed by atoms with Crippen molar-refractivity contribution in [3.05, 3.63) is 58.1 Å². The standard InChI is InChI=1S/C28H36ClN3O5S/c1-15-8-7-9-19(29)23(15)31-25(34)24(18-10-11-22(33)17(3)12-18)32(21-13-16(21)2)26(35)20(14-38)30-27(36)37-28(4,5)6/h7-12,16,20-21,24,33,38H,13-14H2,1-6H3,(H,30,36)(H,31,34). The van der Waals surface area contributed by atoms with Gasteiger partial charge in [-0.25, -0.2) is 4.79 Å². The van der Waals surface area contributed by atoms with Crippen molar-refractivity contribution >= 4 is 47.8 Å². The molecule has 0 bridgehead atoms. The second kappa shape index (κ2) is 11.9. The van der Waals surface area contributed by atoms with E-state index < -0.39 is 35.6 Å². The van der Waals surface area contributed by atoms with Gasteiger partial charge in [0.2, 0.25) is 5.91 Å². The van der Waals surface area contributed by atoms with Crippen LogP contribution in [-0.4, -0.2) is 51.4 Å². The fraction of sp³-hybridized carbons (Fsp3) is 0.464. The number of phenolic OH excluding ortho intramolecular Hbond substituents is 1. The number of hydrogen-bond acceptors (Lipinski definition) is 6. The average molecular weight is 562 g/mol. The monoisotopic (exact) mass is 561 g/mol. The summed E-state index contributed by atoms with van der Waals surface area (Å²) < 4.78 is 5.35. The molecule has 8 nitrogen and oxygen atoms in total. The molecule has 0 aliphatic heterocycles. The zero-order valence-corrected chi connectivity index (χ0v) is 24.2. The molecule has 1 aliphatic carbocycles. The van der Waals surface area contributed by atoms with E-state index in [2.05, 4.69) is 23.3 Å². The van der Waals surface area contributed by atoms with Gasteiger partial charge in [-0.1, -0.05) is 36.7 Å². The zero-order chi connectivity index (χ0) is 28.4. The van der Waals surface area contributed by atoms with E-state index in [0.717, 1.165) is 5.56 Å². The molecule has 2 aromatic carbocycles. The number of carbonyl (C=O) groups excluding carboxylic acids is 3. The van der Waals surface area contributed by atoms with Gasteiger partial charge in [0.25, 0.3) is 5.91 Å². The van der Waals surface area contributed by atoms with Crippen LogP contribution in [0.4, 0.5) is 10.5 Å². The van der Waals surface area contributed by atoms with Crippen molar-refractivity contribution < 1.29 is 24.2 Å². The highest BCUT2D eigenvalue weighted by Crippen LogP contribution is 2.42. The molecule has 0 spiro atoms. The highest BCUT2D eigenvalue weighted by atomic mass is 35.5. The molecule has 0 heterocycles. The van der Waals surface area contributed by atoms with Crippen LogP contribution in [0.25, 0.3) is 0 Å². The summed E-state index contributed by atoms with van der Waals surface area (Å²) in [6.07, 6.45) is -0.0504. The van der Waals surface area contributed by atoms with Crippen molar-refractivity contribution in [3.8, 4) is 5.75 Å². The molecule has 1 saturated carbocycles. The lowest BCUT2D eigenvalue weighted by molar-refractivity contribution is -0.141. The smallest absolute Gasteiger partial charge is 0.408 e. The van der Waals surface area contributed by atoms with E-state index in [9.17, 15) is 19.5 Å². The van der Waals surface area contributed by atoms with Crippen LogP contribution >= 0.6 is 24.2 Å². The normalized spacial score (nSPS) is 18.2. The molecule has 2 aromatic rings. The topological polar surface area (TPSA) is 108 Å². The minimum Gasteiger partial charge on any atom is -0.508 e. The van der Waals surface area contributed by atoms with Crippen molar-refractivity contribution in [2.24, 2.45) is 5.92 Å². The summed E-state index contributed by atoms with van der Waals surface area (Å²) in [5.41, 5.74) is 1.54. The maximum absolute atomic E-state index is 14.0. The summed E-state index contributed by atoms with van der Waals surface area (Å²) in [5.74, 6) is -0.692. The van der Waals surface area contributed by atoms with Gasteiger partial charge in [0.15, 0.2) is 0 Å². The van der Waals surface area contributed by atoms with Crippen LogP contribution in [-0.2, 0) is 14.3 Å². The number of aryl methyl sites for hydroxylation is 2. The lowest BCUT2D eigenvalue weighted by Crippen LogP contribution is -2.54. The minimum absolute atomic E-state index is 0.00223. The Morgan fingerprint density at radius 3 is 2.37 bits per heavy atom. The summed E-state index contributed by atoms with van der Waals surface area (Å²) in [5, 5.41) is 16.0.